The monoisotopic (exact) mass is 294 g/mol. The molecule has 0 fully saturated rings. The molecule has 3 nitrogen and oxygen atoms in total. The zero-order valence-electron chi connectivity index (χ0n) is 9.06. The van der Waals surface area contributed by atoms with Gasteiger partial charge < -0.3 is 9.15 Å². The van der Waals surface area contributed by atoms with Crippen molar-refractivity contribution in [2.75, 3.05) is 6.61 Å². The van der Waals surface area contributed by atoms with Gasteiger partial charge in [0.25, 0.3) is 0 Å². The van der Waals surface area contributed by atoms with Gasteiger partial charge in [-0.3, -0.25) is 4.79 Å². The van der Waals surface area contributed by atoms with E-state index in [-0.39, 0.29) is 5.78 Å². The zero-order valence-corrected chi connectivity index (χ0v) is 10.6. The normalized spacial score (nSPS) is 10.2. The molecule has 4 heteroatoms. The summed E-state index contributed by atoms with van der Waals surface area (Å²) in [6, 6.07) is 11.1. The van der Waals surface area contributed by atoms with Crippen LogP contribution in [0.4, 0.5) is 0 Å². The van der Waals surface area contributed by atoms with Crippen molar-refractivity contribution in [1.29, 1.82) is 0 Å². The fourth-order valence-corrected chi connectivity index (χ4v) is 1.81. The number of para-hydroxylation sites is 1. The van der Waals surface area contributed by atoms with Gasteiger partial charge in [0.2, 0.25) is 5.78 Å². The molecule has 1 heterocycles. The van der Waals surface area contributed by atoms with E-state index in [0.717, 1.165) is 5.75 Å². The molecule has 0 aliphatic rings. The maximum atomic E-state index is 11.7. The molecule has 1 aromatic carbocycles. The molecule has 0 spiro atoms. The summed E-state index contributed by atoms with van der Waals surface area (Å²) >= 11 is 3.25. The first-order chi connectivity index (χ1) is 8.27. The minimum Gasteiger partial charge on any atom is -0.493 e. The van der Waals surface area contributed by atoms with Crippen molar-refractivity contribution in [3.05, 3.63) is 52.9 Å². The third-order valence-electron chi connectivity index (χ3n) is 2.21. The van der Waals surface area contributed by atoms with E-state index in [1.165, 1.54) is 6.26 Å². The van der Waals surface area contributed by atoms with E-state index in [0.29, 0.717) is 23.3 Å². The molecule has 0 radical (unpaired) electrons. The van der Waals surface area contributed by atoms with Crippen molar-refractivity contribution >= 4 is 21.7 Å². The largest absolute Gasteiger partial charge is 0.493 e. The minimum atomic E-state index is -0.0715. The predicted molar refractivity (Wildman–Crippen MR) is 67.3 cm³/mol. The van der Waals surface area contributed by atoms with E-state index in [2.05, 4.69) is 15.9 Å². The summed E-state index contributed by atoms with van der Waals surface area (Å²) in [5, 5.41) is 0. The highest BCUT2D eigenvalue weighted by molar-refractivity contribution is 9.10. The highest BCUT2D eigenvalue weighted by Crippen LogP contribution is 2.19. The van der Waals surface area contributed by atoms with E-state index >= 15 is 0 Å². The summed E-state index contributed by atoms with van der Waals surface area (Å²) in [5.74, 6) is 1.04. The summed E-state index contributed by atoms with van der Waals surface area (Å²) in [6.45, 7) is 0.343. The van der Waals surface area contributed by atoms with Gasteiger partial charge in [0.05, 0.1) is 17.3 Å². The fraction of sp³-hybridized carbons (Fsp3) is 0.154. The smallest absolute Gasteiger partial charge is 0.202 e. The van der Waals surface area contributed by atoms with Crippen LogP contribution in [0.5, 0.6) is 5.75 Å². The molecule has 0 unspecified atom stereocenters. The molecule has 2 aromatic rings. The molecule has 0 aliphatic carbocycles. The highest BCUT2D eigenvalue weighted by atomic mass is 79.9. The van der Waals surface area contributed by atoms with Gasteiger partial charge in [-0.15, -0.1) is 0 Å². The van der Waals surface area contributed by atoms with Crippen LogP contribution >= 0.6 is 15.9 Å². The number of carbonyl (C=O) groups is 1. The second kappa shape index (κ2) is 5.68. The van der Waals surface area contributed by atoms with E-state index in [4.69, 9.17) is 9.15 Å². The third kappa shape index (κ3) is 3.20. The Bertz CT molecular complexity index is 490. The predicted octanol–water partition coefficient (Wildman–Crippen LogP) is 3.69. The number of hydrogen-bond donors (Lipinski definition) is 0. The van der Waals surface area contributed by atoms with E-state index < -0.39 is 0 Å². The maximum Gasteiger partial charge on any atom is 0.202 e. The molecule has 1 aromatic heterocycles. The molecule has 0 saturated heterocycles. The lowest BCUT2D eigenvalue weighted by Crippen LogP contribution is -2.06. The van der Waals surface area contributed by atoms with Crippen molar-refractivity contribution in [1.82, 2.24) is 0 Å². The van der Waals surface area contributed by atoms with Gasteiger partial charge in [0.15, 0.2) is 5.76 Å². The van der Waals surface area contributed by atoms with Gasteiger partial charge in [-0.1, -0.05) is 18.2 Å². The van der Waals surface area contributed by atoms with E-state index in [1.807, 2.05) is 30.3 Å². The molecule has 0 atom stereocenters. The SMILES string of the molecule is O=C(CCOc1ccccc1)c1occc1Br. The molecule has 0 bridgehead atoms. The number of carbonyl (C=O) groups excluding carboxylic acids is 1. The van der Waals surface area contributed by atoms with Crippen molar-refractivity contribution in [3.63, 3.8) is 0 Å². The first-order valence-electron chi connectivity index (χ1n) is 5.21. The Morgan fingerprint density at radius 1 is 1.24 bits per heavy atom. The van der Waals surface area contributed by atoms with E-state index in [9.17, 15) is 4.79 Å². The minimum absolute atomic E-state index is 0.0715. The lowest BCUT2D eigenvalue weighted by Gasteiger charge is -2.04. The summed E-state index contributed by atoms with van der Waals surface area (Å²) in [5.41, 5.74) is 0. The molecule has 2 rings (SSSR count). The Kier molecular flexibility index (Phi) is 3.98. The topological polar surface area (TPSA) is 39.4 Å². The Morgan fingerprint density at radius 2 is 2.00 bits per heavy atom. The van der Waals surface area contributed by atoms with Crippen LogP contribution in [0.2, 0.25) is 0 Å². The standard InChI is InChI=1S/C13H11BrO3/c14-11-6-8-17-13(11)12(15)7-9-16-10-4-2-1-3-5-10/h1-6,8H,7,9H2. The first-order valence-corrected chi connectivity index (χ1v) is 6.00. The van der Waals surface area contributed by atoms with Crippen molar-refractivity contribution in [2.24, 2.45) is 0 Å². The van der Waals surface area contributed by atoms with Gasteiger partial charge in [-0.2, -0.15) is 0 Å². The number of rotatable bonds is 5. The van der Waals surface area contributed by atoms with Crippen LogP contribution in [0.1, 0.15) is 17.0 Å². The van der Waals surface area contributed by atoms with Crippen molar-refractivity contribution in [3.8, 4) is 5.75 Å². The average molecular weight is 295 g/mol. The zero-order chi connectivity index (χ0) is 12.1. The number of Topliss-reactive ketones (excluding diaryl/α,β-unsaturated/α-hetero) is 1. The van der Waals surface area contributed by atoms with Gasteiger partial charge >= 0.3 is 0 Å². The number of halogens is 1. The number of furan rings is 1. The average Bonchev–Trinajstić information content (AvgIpc) is 2.77. The van der Waals surface area contributed by atoms with Crippen LogP contribution in [0.3, 0.4) is 0 Å². The summed E-state index contributed by atoms with van der Waals surface area (Å²) in [6.07, 6.45) is 1.77. The number of ketones is 1. The second-order valence-corrected chi connectivity index (χ2v) is 4.29. The molecular formula is C13H11BrO3. The quantitative estimate of drug-likeness (QED) is 0.790. The van der Waals surface area contributed by atoms with Crippen LogP contribution in [-0.2, 0) is 0 Å². The van der Waals surface area contributed by atoms with Gasteiger partial charge in [0, 0.05) is 6.42 Å². The molecule has 0 amide bonds. The summed E-state index contributed by atoms with van der Waals surface area (Å²) in [7, 11) is 0. The highest BCUT2D eigenvalue weighted by Gasteiger charge is 2.13. The molecule has 88 valence electrons. The lowest BCUT2D eigenvalue weighted by atomic mass is 10.2. The molecule has 0 aliphatic heterocycles. The molecular weight excluding hydrogens is 284 g/mol. The van der Waals surface area contributed by atoms with E-state index in [1.54, 1.807) is 6.07 Å². The lowest BCUT2D eigenvalue weighted by molar-refractivity contribution is 0.0934. The van der Waals surface area contributed by atoms with Crippen LogP contribution in [-0.4, -0.2) is 12.4 Å². The summed E-state index contributed by atoms with van der Waals surface area (Å²) in [4.78, 5) is 11.7. The maximum absolute atomic E-state index is 11.7. The van der Waals surface area contributed by atoms with Crippen molar-refractivity contribution in [2.45, 2.75) is 6.42 Å². The molecule has 17 heavy (non-hydrogen) atoms. The van der Waals surface area contributed by atoms with Crippen LogP contribution in [0.25, 0.3) is 0 Å². The molecule has 0 saturated carbocycles. The number of ether oxygens (including phenoxy) is 1. The number of benzene rings is 1. The first kappa shape index (κ1) is 11.9. The van der Waals surface area contributed by atoms with Crippen LogP contribution < -0.4 is 4.74 Å². The van der Waals surface area contributed by atoms with Crippen LogP contribution in [0.15, 0.2) is 51.6 Å². The fourth-order valence-electron chi connectivity index (χ4n) is 1.38. The third-order valence-corrected chi connectivity index (χ3v) is 2.84. The number of hydrogen-bond acceptors (Lipinski definition) is 3. The van der Waals surface area contributed by atoms with Crippen LogP contribution in [0, 0.1) is 0 Å². The second-order valence-electron chi connectivity index (χ2n) is 3.43. The Labute approximate surface area is 108 Å². The Hall–Kier alpha value is -1.55. The van der Waals surface area contributed by atoms with Crippen molar-refractivity contribution < 1.29 is 13.9 Å². The Morgan fingerprint density at radius 3 is 2.65 bits per heavy atom. The summed E-state index contributed by atoms with van der Waals surface area (Å²) < 4.78 is 11.2. The van der Waals surface area contributed by atoms with Gasteiger partial charge in [-0.25, -0.2) is 0 Å². The van der Waals surface area contributed by atoms with Gasteiger partial charge in [0.1, 0.15) is 5.75 Å². The Balaban J connectivity index is 1.84. The molecule has 0 N–H and O–H groups in total. The van der Waals surface area contributed by atoms with Gasteiger partial charge in [-0.05, 0) is 34.1 Å².